The lowest BCUT2D eigenvalue weighted by atomic mass is 10.3. The summed E-state index contributed by atoms with van der Waals surface area (Å²) in [4.78, 5) is 0. The Hall–Kier alpha value is 0.430. The van der Waals surface area contributed by atoms with Crippen molar-refractivity contribution >= 4 is 22.6 Å². The van der Waals surface area contributed by atoms with E-state index in [1.54, 1.807) is 0 Å². The van der Waals surface area contributed by atoms with E-state index in [-0.39, 0.29) is 0 Å². The van der Waals surface area contributed by atoms with E-state index in [0.29, 0.717) is 0 Å². The lowest BCUT2D eigenvalue weighted by molar-refractivity contribution is 1.40. The van der Waals surface area contributed by atoms with Gasteiger partial charge in [-0.15, -0.1) is 0 Å². The van der Waals surface area contributed by atoms with Gasteiger partial charge in [-0.25, -0.2) is 0 Å². The number of hydrogen-bond acceptors (Lipinski definition) is 1. The third-order valence-electron chi connectivity index (χ3n) is 0.704. The van der Waals surface area contributed by atoms with Crippen LogP contribution >= 0.6 is 22.6 Å². The first kappa shape index (κ1) is 11.3. The summed E-state index contributed by atoms with van der Waals surface area (Å²) in [5.74, 6) is 0. The summed E-state index contributed by atoms with van der Waals surface area (Å²) in [6, 6.07) is 0. The van der Waals surface area contributed by atoms with E-state index in [9.17, 15) is 0 Å². The summed E-state index contributed by atoms with van der Waals surface area (Å²) in [6.45, 7) is 4.19. The lowest BCUT2D eigenvalue weighted by Crippen LogP contribution is -1.69. The highest BCUT2D eigenvalue weighted by atomic mass is 127. The molecule has 0 aliphatic carbocycles. The molecule has 0 atom stereocenters. The second-order valence-electron chi connectivity index (χ2n) is 1.27. The van der Waals surface area contributed by atoms with Gasteiger partial charge in [0.15, 0.2) is 0 Å². The highest BCUT2D eigenvalue weighted by Gasteiger charge is 1.74. The predicted octanol–water partition coefficient (Wildman–Crippen LogP) is 1.96. The number of hydrogen-bond donors (Lipinski definition) is 1. The van der Waals surface area contributed by atoms with Gasteiger partial charge in [-0.05, 0) is 20.9 Å². The third kappa shape index (κ3) is 9.66. The van der Waals surface area contributed by atoms with E-state index >= 15 is 0 Å². The number of rotatable bonds is 1. The molecule has 0 aromatic carbocycles. The summed E-state index contributed by atoms with van der Waals surface area (Å²) in [6.07, 6.45) is 2.13. The summed E-state index contributed by atoms with van der Waals surface area (Å²) in [5, 5.41) is 0. The molecule has 0 aliphatic heterocycles. The molecule has 0 amide bonds. The SMILES string of the molecule is C/C=C(/C)CI.CN. The zero-order valence-corrected chi connectivity index (χ0v) is 7.90. The van der Waals surface area contributed by atoms with Crippen molar-refractivity contribution in [3.8, 4) is 0 Å². The standard InChI is InChI=1S/C5H9I.CH5N/c1-3-5(2)4-6;1-2/h3H,4H2,1-2H3;2H2,1H3/b5-3-;. The Morgan fingerprint density at radius 3 is 2.00 bits per heavy atom. The highest BCUT2D eigenvalue weighted by molar-refractivity contribution is 14.1. The first-order valence-corrected chi connectivity index (χ1v) is 4.09. The van der Waals surface area contributed by atoms with Gasteiger partial charge in [0.25, 0.3) is 0 Å². The molecule has 0 aliphatic rings. The third-order valence-corrected chi connectivity index (χ3v) is 1.91. The van der Waals surface area contributed by atoms with E-state index in [4.69, 9.17) is 0 Å². The van der Waals surface area contributed by atoms with Gasteiger partial charge in [0, 0.05) is 4.43 Å². The zero-order valence-electron chi connectivity index (χ0n) is 5.74. The molecule has 1 nitrogen and oxygen atoms in total. The van der Waals surface area contributed by atoms with Crippen LogP contribution in [0.15, 0.2) is 11.6 Å². The summed E-state index contributed by atoms with van der Waals surface area (Å²) < 4.78 is 1.16. The first-order chi connectivity index (χ1) is 3.81. The van der Waals surface area contributed by atoms with Crippen molar-refractivity contribution in [3.05, 3.63) is 11.6 Å². The molecule has 8 heavy (non-hydrogen) atoms. The smallest absolute Gasteiger partial charge is 0.0203 e. The van der Waals surface area contributed by atoms with Gasteiger partial charge in [0.2, 0.25) is 0 Å². The minimum absolute atomic E-state index is 1.16. The van der Waals surface area contributed by atoms with E-state index in [1.165, 1.54) is 12.6 Å². The summed E-state index contributed by atoms with van der Waals surface area (Å²) >= 11 is 2.35. The number of halogens is 1. The van der Waals surface area contributed by atoms with Gasteiger partial charge in [-0.2, -0.15) is 0 Å². The predicted molar refractivity (Wildman–Crippen MR) is 48.4 cm³/mol. The molecule has 0 radical (unpaired) electrons. The zero-order chi connectivity index (χ0) is 6.99. The minimum Gasteiger partial charge on any atom is -0.333 e. The Bertz CT molecular complexity index is 59.5. The van der Waals surface area contributed by atoms with Crippen molar-refractivity contribution in [2.45, 2.75) is 13.8 Å². The Morgan fingerprint density at radius 2 is 2.00 bits per heavy atom. The Labute approximate surface area is 65.5 Å². The Balaban J connectivity index is 0. The fraction of sp³-hybridized carbons (Fsp3) is 0.667. The van der Waals surface area contributed by atoms with Crippen LogP contribution in [0.25, 0.3) is 0 Å². The van der Waals surface area contributed by atoms with Crippen molar-refractivity contribution in [2.75, 3.05) is 11.5 Å². The van der Waals surface area contributed by atoms with Gasteiger partial charge in [0.1, 0.15) is 0 Å². The fourth-order valence-corrected chi connectivity index (χ4v) is 0.518. The average molecular weight is 227 g/mol. The van der Waals surface area contributed by atoms with E-state index in [0.717, 1.165) is 4.43 Å². The van der Waals surface area contributed by atoms with Crippen LogP contribution in [0.4, 0.5) is 0 Å². The van der Waals surface area contributed by atoms with Crippen molar-refractivity contribution in [3.63, 3.8) is 0 Å². The van der Waals surface area contributed by atoms with Gasteiger partial charge in [0.05, 0.1) is 0 Å². The van der Waals surface area contributed by atoms with Crippen molar-refractivity contribution in [1.29, 1.82) is 0 Å². The topological polar surface area (TPSA) is 26.0 Å². The van der Waals surface area contributed by atoms with Crippen LogP contribution in [-0.4, -0.2) is 11.5 Å². The molecule has 0 fully saturated rings. The summed E-state index contributed by atoms with van der Waals surface area (Å²) in [7, 11) is 1.50. The molecule has 0 bridgehead atoms. The van der Waals surface area contributed by atoms with Gasteiger partial charge in [-0.1, -0.05) is 34.2 Å². The second-order valence-corrected chi connectivity index (χ2v) is 2.03. The van der Waals surface area contributed by atoms with Gasteiger partial charge < -0.3 is 5.73 Å². The van der Waals surface area contributed by atoms with E-state index in [2.05, 4.69) is 48.2 Å². The fourth-order valence-electron chi connectivity index (χ4n) is 0.0772. The molecule has 0 heterocycles. The molecule has 0 rings (SSSR count). The molecule has 0 aromatic rings. The second kappa shape index (κ2) is 10.4. The van der Waals surface area contributed by atoms with Gasteiger partial charge >= 0.3 is 0 Å². The van der Waals surface area contributed by atoms with Crippen LogP contribution in [0.5, 0.6) is 0 Å². The average Bonchev–Trinajstić information content (AvgIpc) is 1.91. The molecule has 0 unspecified atom stereocenters. The maximum Gasteiger partial charge on any atom is 0.0203 e. The van der Waals surface area contributed by atoms with Gasteiger partial charge in [-0.3, -0.25) is 0 Å². The first-order valence-electron chi connectivity index (χ1n) is 2.56. The molecular formula is C6H14IN. The van der Waals surface area contributed by atoms with Crippen molar-refractivity contribution in [2.24, 2.45) is 5.73 Å². The molecule has 0 saturated heterocycles. The minimum atomic E-state index is 1.16. The molecule has 0 saturated carbocycles. The molecule has 50 valence electrons. The number of alkyl halides is 1. The number of allylic oxidation sites excluding steroid dienone is 2. The molecule has 2 N–H and O–H groups in total. The summed E-state index contributed by atoms with van der Waals surface area (Å²) in [5.41, 5.74) is 5.95. The van der Waals surface area contributed by atoms with Crippen molar-refractivity contribution < 1.29 is 0 Å². The highest BCUT2D eigenvalue weighted by Crippen LogP contribution is 1.95. The van der Waals surface area contributed by atoms with Crippen LogP contribution in [0.3, 0.4) is 0 Å². The Kier molecular flexibility index (Phi) is 14.7. The molecular weight excluding hydrogens is 213 g/mol. The lowest BCUT2D eigenvalue weighted by Gasteiger charge is -1.83. The number of nitrogens with two attached hydrogens (primary N) is 1. The Morgan fingerprint density at radius 1 is 1.62 bits per heavy atom. The largest absolute Gasteiger partial charge is 0.333 e. The maximum atomic E-state index is 4.50. The molecule has 2 heteroatoms. The molecule has 0 spiro atoms. The van der Waals surface area contributed by atoms with Crippen LogP contribution in [0.1, 0.15) is 13.8 Å². The quantitative estimate of drug-likeness (QED) is 0.413. The normalized spacial score (nSPS) is 9.88. The maximum absolute atomic E-state index is 4.50. The van der Waals surface area contributed by atoms with E-state index in [1.807, 2.05) is 0 Å². The van der Waals surface area contributed by atoms with Crippen LogP contribution in [0, 0.1) is 0 Å². The van der Waals surface area contributed by atoms with Crippen LogP contribution in [0.2, 0.25) is 0 Å². The van der Waals surface area contributed by atoms with Crippen molar-refractivity contribution in [1.82, 2.24) is 0 Å². The molecule has 0 aromatic heterocycles. The van der Waals surface area contributed by atoms with Crippen LogP contribution < -0.4 is 5.73 Å². The van der Waals surface area contributed by atoms with E-state index < -0.39 is 0 Å². The van der Waals surface area contributed by atoms with Crippen LogP contribution in [-0.2, 0) is 0 Å². The monoisotopic (exact) mass is 227 g/mol.